The van der Waals surface area contributed by atoms with Crippen LogP contribution in [0.5, 0.6) is 0 Å². The molecule has 0 bridgehead atoms. The highest BCUT2D eigenvalue weighted by Crippen LogP contribution is 2.11. The lowest BCUT2D eigenvalue weighted by Gasteiger charge is -2.06. The summed E-state index contributed by atoms with van der Waals surface area (Å²) in [7, 11) is 0. The van der Waals surface area contributed by atoms with Crippen LogP contribution in [0.2, 0.25) is 0 Å². The number of rotatable bonds is 3. The van der Waals surface area contributed by atoms with Crippen molar-refractivity contribution in [2.45, 2.75) is 0 Å². The molecule has 0 heterocycles. The number of amides is 2. The van der Waals surface area contributed by atoms with Crippen molar-refractivity contribution in [3.63, 3.8) is 0 Å². The molecule has 2 aromatic carbocycles. The fourth-order valence-corrected chi connectivity index (χ4v) is 1.55. The van der Waals surface area contributed by atoms with Crippen molar-refractivity contribution in [2.75, 3.05) is 5.32 Å². The molecule has 4 nitrogen and oxygen atoms in total. The molecule has 2 rings (SSSR count). The molecule has 0 aliphatic rings. The highest BCUT2D eigenvalue weighted by atomic mass is 19.1. The Bertz CT molecular complexity index is 624. The summed E-state index contributed by atoms with van der Waals surface area (Å²) in [6.45, 7) is 0. The topological polar surface area (TPSA) is 72.2 Å². The minimum Gasteiger partial charge on any atom is -0.366 e. The van der Waals surface area contributed by atoms with Gasteiger partial charge in [0.1, 0.15) is 5.82 Å². The van der Waals surface area contributed by atoms with Crippen LogP contribution in [-0.2, 0) is 0 Å². The molecule has 0 saturated heterocycles. The summed E-state index contributed by atoms with van der Waals surface area (Å²) in [4.78, 5) is 22.9. The van der Waals surface area contributed by atoms with E-state index in [-0.39, 0.29) is 11.4 Å². The lowest BCUT2D eigenvalue weighted by Crippen LogP contribution is -2.15. The molecule has 5 heteroatoms. The molecule has 0 aromatic heterocycles. The van der Waals surface area contributed by atoms with Gasteiger partial charge in [-0.1, -0.05) is 6.07 Å². The molecule has 2 amide bonds. The van der Waals surface area contributed by atoms with Gasteiger partial charge >= 0.3 is 0 Å². The monoisotopic (exact) mass is 258 g/mol. The predicted molar refractivity (Wildman–Crippen MR) is 69.3 cm³/mol. The van der Waals surface area contributed by atoms with E-state index in [2.05, 4.69) is 5.32 Å². The number of halogens is 1. The average Bonchev–Trinajstić information content (AvgIpc) is 2.41. The van der Waals surface area contributed by atoms with Crippen LogP contribution in [0.25, 0.3) is 0 Å². The summed E-state index contributed by atoms with van der Waals surface area (Å²) in [5, 5.41) is 2.59. The molecule has 0 fully saturated rings. The van der Waals surface area contributed by atoms with Crippen LogP contribution in [0.4, 0.5) is 10.1 Å². The molecule has 0 aliphatic heterocycles. The fourth-order valence-electron chi connectivity index (χ4n) is 1.55. The lowest BCUT2D eigenvalue weighted by atomic mass is 10.1. The first-order valence-electron chi connectivity index (χ1n) is 5.53. The quantitative estimate of drug-likeness (QED) is 0.885. The van der Waals surface area contributed by atoms with Crippen molar-refractivity contribution in [1.82, 2.24) is 0 Å². The van der Waals surface area contributed by atoms with Gasteiger partial charge in [0.15, 0.2) is 0 Å². The predicted octanol–water partition coefficient (Wildman–Crippen LogP) is 2.18. The smallest absolute Gasteiger partial charge is 0.255 e. The molecule has 3 N–H and O–H groups in total. The SMILES string of the molecule is NC(=O)c1cccc(C(=O)Nc2ccc(F)cc2)c1. The van der Waals surface area contributed by atoms with Gasteiger partial charge in [-0.05, 0) is 42.5 Å². The Morgan fingerprint density at radius 2 is 1.63 bits per heavy atom. The minimum absolute atomic E-state index is 0.256. The van der Waals surface area contributed by atoms with Crippen LogP contribution in [0.15, 0.2) is 48.5 Å². The number of benzene rings is 2. The first-order chi connectivity index (χ1) is 9.06. The average molecular weight is 258 g/mol. The fraction of sp³-hybridized carbons (Fsp3) is 0. The van der Waals surface area contributed by atoms with Gasteiger partial charge in [-0.2, -0.15) is 0 Å². The number of hydrogen-bond donors (Lipinski definition) is 2. The summed E-state index contributed by atoms with van der Waals surface area (Å²) in [5.41, 5.74) is 6.17. The zero-order chi connectivity index (χ0) is 13.8. The van der Waals surface area contributed by atoms with Crippen LogP contribution >= 0.6 is 0 Å². The second-order valence-electron chi connectivity index (χ2n) is 3.91. The van der Waals surface area contributed by atoms with Crippen molar-refractivity contribution in [3.05, 3.63) is 65.5 Å². The summed E-state index contributed by atoms with van der Waals surface area (Å²) >= 11 is 0. The summed E-state index contributed by atoms with van der Waals surface area (Å²) in [5.74, 6) is -1.38. The van der Waals surface area contributed by atoms with Crippen LogP contribution in [-0.4, -0.2) is 11.8 Å². The molecule has 2 aromatic rings. The molecule has 0 unspecified atom stereocenters. The maximum atomic E-state index is 12.7. The molecule has 0 spiro atoms. The van der Waals surface area contributed by atoms with E-state index in [0.29, 0.717) is 11.3 Å². The number of carbonyl (C=O) groups is 2. The van der Waals surface area contributed by atoms with Gasteiger partial charge in [-0.3, -0.25) is 9.59 Å². The van der Waals surface area contributed by atoms with Crippen molar-refractivity contribution < 1.29 is 14.0 Å². The van der Waals surface area contributed by atoms with E-state index in [1.54, 1.807) is 12.1 Å². The number of hydrogen-bond acceptors (Lipinski definition) is 2. The van der Waals surface area contributed by atoms with E-state index in [9.17, 15) is 14.0 Å². The Kier molecular flexibility index (Phi) is 3.56. The standard InChI is InChI=1S/C14H11FN2O2/c15-11-4-6-12(7-5-11)17-14(19)10-3-1-2-9(8-10)13(16)18/h1-8H,(H2,16,18)(H,17,19). The first-order valence-corrected chi connectivity index (χ1v) is 5.53. The summed E-state index contributed by atoms with van der Waals surface area (Å²) < 4.78 is 12.7. The van der Waals surface area contributed by atoms with E-state index in [4.69, 9.17) is 5.73 Å². The molecule has 96 valence electrons. The maximum absolute atomic E-state index is 12.7. The highest BCUT2D eigenvalue weighted by Gasteiger charge is 2.08. The van der Waals surface area contributed by atoms with Crippen molar-refractivity contribution >= 4 is 17.5 Å². The van der Waals surface area contributed by atoms with Crippen molar-refractivity contribution in [3.8, 4) is 0 Å². The zero-order valence-corrected chi connectivity index (χ0v) is 9.89. The Hall–Kier alpha value is -2.69. The van der Waals surface area contributed by atoms with E-state index in [0.717, 1.165) is 0 Å². The largest absolute Gasteiger partial charge is 0.366 e. The van der Waals surface area contributed by atoms with Crippen molar-refractivity contribution in [2.24, 2.45) is 5.73 Å². The number of anilines is 1. The van der Waals surface area contributed by atoms with Gasteiger partial charge in [-0.25, -0.2) is 4.39 Å². The first kappa shape index (κ1) is 12.8. The number of primary amides is 1. The molecule has 0 aliphatic carbocycles. The highest BCUT2D eigenvalue weighted by molar-refractivity contribution is 6.05. The molecule has 0 atom stereocenters. The van der Waals surface area contributed by atoms with Gasteiger partial charge in [-0.15, -0.1) is 0 Å². The molecule has 19 heavy (non-hydrogen) atoms. The summed E-state index contributed by atoms with van der Waals surface area (Å²) in [6.07, 6.45) is 0. The van der Waals surface area contributed by atoms with E-state index >= 15 is 0 Å². The number of nitrogens with two attached hydrogens (primary N) is 1. The van der Waals surface area contributed by atoms with Gasteiger partial charge < -0.3 is 11.1 Å². The third-order valence-corrected chi connectivity index (χ3v) is 2.51. The Morgan fingerprint density at radius 1 is 1.00 bits per heavy atom. The number of nitrogens with one attached hydrogen (secondary N) is 1. The molecular formula is C14H11FN2O2. The Morgan fingerprint density at radius 3 is 2.26 bits per heavy atom. The Labute approximate surface area is 109 Å². The van der Waals surface area contributed by atoms with Crippen LogP contribution < -0.4 is 11.1 Å². The van der Waals surface area contributed by atoms with Crippen LogP contribution in [0, 0.1) is 5.82 Å². The van der Waals surface area contributed by atoms with E-state index in [1.165, 1.54) is 36.4 Å². The second-order valence-corrected chi connectivity index (χ2v) is 3.91. The lowest BCUT2D eigenvalue weighted by molar-refractivity contribution is 0.1000. The maximum Gasteiger partial charge on any atom is 0.255 e. The zero-order valence-electron chi connectivity index (χ0n) is 9.89. The van der Waals surface area contributed by atoms with Crippen molar-refractivity contribution in [1.29, 1.82) is 0 Å². The minimum atomic E-state index is -0.601. The molecule has 0 radical (unpaired) electrons. The second kappa shape index (κ2) is 5.30. The molecular weight excluding hydrogens is 247 g/mol. The number of carbonyl (C=O) groups excluding carboxylic acids is 2. The third kappa shape index (κ3) is 3.16. The van der Waals surface area contributed by atoms with Crippen LogP contribution in [0.3, 0.4) is 0 Å². The van der Waals surface area contributed by atoms with Gasteiger partial charge in [0.2, 0.25) is 5.91 Å². The molecule has 0 saturated carbocycles. The third-order valence-electron chi connectivity index (χ3n) is 2.51. The summed E-state index contributed by atoms with van der Waals surface area (Å²) in [6, 6.07) is 11.4. The van der Waals surface area contributed by atoms with Crippen LogP contribution in [0.1, 0.15) is 20.7 Å². The van der Waals surface area contributed by atoms with Gasteiger partial charge in [0.25, 0.3) is 5.91 Å². The van der Waals surface area contributed by atoms with Gasteiger partial charge in [0, 0.05) is 16.8 Å². The van der Waals surface area contributed by atoms with Gasteiger partial charge in [0.05, 0.1) is 0 Å². The van der Waals surface area contributed by atoms with E-state index in [1.807, 2.05) is 0 Å². The Balaban J connectivity index is 2.18. The normalized spacial score (nSPS) is 9.95. The van der Waals surface area contributed by atoms with E-state index < -0.39 is 11.8 Å².